The maximum absolute atomic E-state index is 5.48. The Hall–Kier alpha value is -1.39. The number of rotatable bonds is 4. The fraction of sp³-hybridized carbons (Fsp3) is 0.471. The lowest BCUT2D eigenvalue weighted by Gasteiger charge is -2.20. The van der Waals surface area contributed by atoms with Crippen molar-refractivity contribution in [2.75, 3.05) is 13.1 Å². The summed E-state index contributed by atoms with van der Waals surface area (Å²) in [7, 11) is 0. The van der Waals surface area contributed by atoms with Gasteiger partial charge >= 0.3 is 0 Å². The minimum absolute atomic E-state index is 0.641. The van der Waals surface area contributed by atoms with Crippen LogP contribution in [0.3, 0.4) is 0 Å². The van der Waals surface area contributed by atoms with Gasteiger partial charge in [-0.1, -0.05) is 30.3 Å². The summed E-state index contributed by atoms with van der Waals surface area (Å²) in [4.78, 5) is 5.77. The number of H-pyrrole nitrogens is 1. The number of benzene rings is 1. The highest BCUT2D eigenvalue weighted by molar-refractivity contribution is 7.71. The first-order valence-electron chi connectivity index (χ1n) is 7.73. The summed E-state index contributed by atoms with van der Waals surface area (Å²) >= 11 is 5.48. The minimum atomic E-state index is 0.641. The van der Waals surface area contributed by atoms with Crippen LogP contribution in [0, 0.1) is 10.7 Å². The van der Waals surface area contributed by atoms with Gasteiger partial charge in [0.05, 0.1) is 5.69 Å². The van der Waals surface area contributed by atoms with E-state index in [1.54, 1.807) is 0 Å². The Labute approximate surface area is 131 Å². The van der Waals surface area contributed by atoms with Gasteiger partial charge in [0.1, 0.15) is 0 Å². The highest BCUT2D eigenvalue weighted by Crippen LogP contribution is 2.24. The molecule has 1 fully saturated rings. The molecule has 1 aliphatic heterocycles. The van der Waals surface area contributed by atoms with Crippen LogP contribution in [0.25, 0.3) is 11.3 Å². The standard InChI is InChI=1S/C17H23N3S/c1-13(2)19-9-8-14(11-19)12-20-16(10-18-17(20)21)15-6-4-3-5-7-15/h3-7,10,13-14H,8-9,11-12H2,1-2H3,(H,18,21). The summed E-state index contributed by atoms with van der Waals surface area (Å²) in [5.74, 6) is 0.692. The van der Waals surface area contributed by atoms with Gasteiger partial charge in [-0.25, -0.2) is 0 Å². The number of imidazole rings is 1. The number of hydrogen-bond acceptors (Lipinski definition) is 2. The molecule has 0 amide bonds. The molecule has 2 heterocycles. The molecule has 1 aromatic carbocycles. The molecule has 0 spiro atoms. The second-order valence-electron chi connectivity index (χ2n) is 6.20. The highest BCUT2D eigenvalue weighted by atomic mass is 32.1. The quantitative estimate of drug-likeness (QED) is 0.865. The molecule has 0 radical (unpaired) electrons. The lowest BCUT2D eigenvalue weighted by atomic mass is 10.1. The average Bonchev–Trinajstić information content (AvgIpc) is 3.09. The molecule has 1 aliphatic rings. The van der Waals surface area contributed by atoms with Crippen LogP contribution in [-0.4, -0.2) is 33.6 Å². The van der Waals surface area contributed by atoms with Crippen molar-refractivity contribution >= 4 is 12.2 Å². The van der Waals surface area contributed by atoms with Crippen molar-refractivity contribution in [3.63, 3.8) is 0 Å². The van der Waals surface area contributed by atoms with E-state index >= 15 is 0 Å². The predicted octanol–water partition coefficient (Wildman–Crippen LogP) is 3.94. The molecule has 112 valence electrons. The number of nitrogens with zero attached hydrogens (tertiary/aromatic N) is 2. The number of hydrogen-bond donors (Lipinski definition) is 1. The van der Waals surface area contributed by atoms with Crippen LogP contribution >= 0.6 is 12.2 Å². The van der Waals surface area contributed by atoms with Crippen molar-refractivity contribution in [1.82, 2.24) is 14.5 Å². The van der Waals surface area contributed by atoms with Gasteiger partial charge in [0.25, 0.3) is 0 Å². The topological polar surface area (TPSA) is 24.0 Å². The van der Waals surface area contributed by atoms with Gasteiger partial charge < -0.3 is 14.5 Å². The first-order chi connectivity index (χ1) is 10.1. The van der Waals surface area contributed by atoms with Crippen LogP contribution in [0.1, 0.15) is 20.3 Å². The zero-order chi connectivity index (χ0) is 14.8. The Balaban J connectivity index is 1.81. The normalized spacial score (nSPS) is 19.5. The highest BCUT2D eigenvalue weighted by Gasteiger charge is 2.25. The second kappa shape index (κ2) is 6.16. The fourth-order valence-electron chi connectivity index (χ4n) is 3.16. The van der Waals surface area contributed by atoms with Crippen molar-refractivity contribution in [1.29, 1.82) is 0 Å². The van der Waals surface area contributed by atoms with Crippen LogP contribution in [0.2, 0.25) is 0 Å². The summed E-state index contributed by atoms with van der Waals surface area (Å²) in [6.45, 7) is 7.95. The fourth-order valence-corrected chi connectivity index (χ4v) is 3.40. The van der Waals surface area contributed by atoms with Crippen LogP contribution in [0.4, 0.5) is 0 Å². The third kappa shape index (κ3) is 3.11. The summed E-state index contributed by atoms with van der Waals surface area (Å²) in [5, 5.41) is 0. The van der Waals surface area contributed by atoms with Gasteiger partial charge in [-0.3, -0.25) is 0 Å². The van der Waals surface area contributed by atoms with Crippen molar-refractivity contribution in [3.8, 4) is 11.3 Å². The van der Waals surface area contributed by atoms with E-state index in [9.17, 15) is 0 Å². The molecule has 0 aliphatic carbocycles. The SMILES string of the molecule is CC(C)N1CCC(Cn2c(-c3ccccc3)c[nH]c2=S)C1. The van der Waals surface area contributed by atoms with E-state index in [2.05, 4.69) is 52.6 Å². The Kier molecular flexibility index (Phi) is 4.27. The van der Waals surface area contributed by atoms with E-state index in [1.807, 2.05) is 12.3 Å². The molecule has 0 saturated carbocycles. The monoisotopic (exact) mass is 301 g/mol. The maximum Gasteiger partial charge on any atom is 0.177 e. The summed E-state index contributed by atoms with van der Waals surface area (Å²) in [5.41, 5.74) is 2.42. The minimum Gasteiger partial charge on any atom is -0.337 e. The van der Waals surface area contributed by atoms with E-state index in [4.69, 9.17) is 12.2 Å². The summed E-state index contributed by atoms with van der Waals surface area (Å²) < 4.78 is 3.09. The predicted molar refractivity (Wildman–Crippen MR) is 89.9 cm³/mol. The van der Waals surface area contributed by atoms with E-state index in [1.165, 1.54) is 30.8 Å². The number of likely N-dealkylation sites (tertiary alicyclic amines) is 1. The molecule has 3 rings (SSSR count). The molecule has 2 aromatic rings. The third-order valence-electron chi connectivity index (χ3n) is 4.43. The summed E-state index contributed by atoms with van der Waals surface area (Å²) in [6.07, 6.45) is 3.30. The van der Waals surface area contributed by atoms with Crippen molar-refractivity contribution in [3.05, 3.63) is 41.3 Å². The lowest BCUT2D eigenvalue weighted by molar-refractivity contribution is 0.260. The molecule has 1 saturated heterocycles. The molecule has 1 N–H and O–H groups in total. The second-order valence-corrected chi connectivity index (χ2v) is 6.59. The van der Waals surface area contributed by atoms with E-state index in [0.29, 0.717) is 12.0 Å². The van der Waals surface area contributed by atoms with Gasteiger partial charge in [-0.2, -0.15) is 0 Å². The Morgan fingerprint density at radius 2 is 2.05 bits per heavy atom. The van der Waals surface area contributed by atoms with Gasteiger partial charge in [0.2, 0.25) is 0 Å². The maximum atomic E-state index is 5.48. The van der Waals surface area contributed by atoms with E-state index < -0.39 is 0 Å². The molecule has 4 heteroatoms. The van der Waals surface area contributed by atoms with E-state index in [0.717, 1.165) is 11.3 Å². The summed E-state index contributed by atoms with van der Waals surface area (Å²) in [6, 6.07) is 11.1. The van der Waals surface area contributed by atoms with Gasteiger partial charge in [0.15, 0.2) is 4.77 Å². The zero-order valence-corrected chi connectivity index (χ0v) is 13.6. The Morgan fingerprint density at radius 1 is 1.29 bits per heavy atom. The molecule has 21 heavy (non-hydrogen) atoms. The Bertz CT molecular complexity index is 642. The molecule has 0 bridgehead atoms. The molecule has 3 nitrogen and oxygen atoms in total. The van der Waals surface area contributed by atoms with Crippen LogP contribution in [0.15, 0.2) is 36.5 Å². The van der Waals surface area contributed by atoms with Crippen LogP contribution in [0.5, 0.6) is 0 Å². The molecule has 1 aromatic heterocycles. The number of nitrogens with one attached hydrogen (secondary N) is 1. The van der Waals surface area contributed by atoms with Crippen molar-refractivity contribution in [2.45, 2.75) is 32.9 Å². The zero-order valence-electron chi connectivity index (χ0n) is 12.7. The molecule has 1 unspecified atom stereocenters. The van der Waals surface area contributed by atoms with Gasteiger partial charge in [-0.05, 0) is 50.5 Å². The molecular weight excluding hydrogens is 278 g/mol. The first kappa shape index (κ1) is 14.5. The molecule has 1 atom stereocenters. The Morgan fingerprint density at radius 3 is 2.71 bits per heavy atom. The number of aromatic amines is 1. The van der Waals surface area contributed by atoms with Crippen molar-refractivity contribution < 1.29 is 0 Å². The molecular formula is C17H23N3S. The number of aromatic nitrogens is 2. The smallest absolute Gasteiger partial charge is 0.177 e. The van der Waals surface area contributed by atoms with Crippen molar-refractivity contribution in [2.24, 2.45) is 5.92 Å². The van der Waals surface area contributed by atoms with Crippen LogP contribution < -0.4 is 0 Å². The van der Waals surface area contributed by atoms with Gasteiger partial charge in [-0.15, -0.1) is 0 Å². The van der Waals surface area contributed by atoms with Crippen LogP contribution in [-0.2, 0) is 6.54 Å². The van der Waals surface area contributed by atoms with Gasteiger partial charge in [0, 0.05) is 25.3 Å². The van der Waals surface area contributed by atoms with E-state index in [-0.39, 0.29) is 0 Å². The first-order valence-corrected chi connectivity index (χ1v) is 8.13. The lowest BCUT2D eigenvalue weighted by Crippen LogP contribution is -2.28. The largest absolute Gasteiger partial charge is 0.337 e. The average molecular weight is 301 g/mol. The third-order valence-corrected chi connectivity index (χ3v) is 4.76.